The lowest BCUT2D eigenvalue weighted by atomic mass is 10.1. The van der Waals surface area contributed by atoms with Gasteiger partial charge in [-0.1, -0.05) is 0 Å². The molecule has 0 amide bonds. The van der Waals surface area contributed by atoms with E-state index in [1.165, 1.54) is 17.4 Å². The number of phenols is 1. The minimum absolute atomic E-state index is 0.163. The highest BCUT2D eigenvalue weighted by Crippen LogP contribution is 2.32. The van der Waals surface area contributed by atoms with E-state index >= 15 is 0 Å². The zero-order valence-electron chi connectivity index (χ0n) is 6.62. The topological polar surface area (TPSA) is 40.5 Å². The van der Waals surface area contributed by atoms with Crippen molar-refractivity contribution in [2.24, 2.45) is 0 Å². The number of fused-ring (bicyclic) bond motifs is 1. The van der Waals surface area contributed by atoms with Gasteiger partial charge in [-0.3, -0.25) is 0 Å². The molecule has 0 radical (unpaired) electrons. The van der Waals surface area contributed by atoms with Crippen LogP contribution in [0.4, 0.5) is 4.39 Å². The molecule has 1 aromatic heterocycles. The van der Waals surface area contributed by atoms with Gasteiger partial charge in [0.15, 0.2) is 11.6 Å². The molecule has 4 heteroatoms. The van der Waals surface area contributed by atoms with E-state index in [0.29, 0.717) is 5.39 Å². The van der Waals surface area contributed by atoms with Crippen molar-refractivity contribution in [2.75, 3.05) is 0 Å². The minimum atomic E-state index is -0.728. The molecule has 68 valence electrons. The Morgan fingerprint density at radius 1 is 1.46 bits per heavy atom. The molecule has 0 saturated carbocycles. The number of aliphatic hydroxyl groups is 1. The number of thiophene rings is 1. The standard InChI is InChI=1S/C9H7FO2S/c10-9-6(4-11)5-1-2-13-8(5)3-7(9)12/h1-3,11-12H,4H2. The Labute approximate surface area is 77.9 Å². The van der Waals surface area contributed by atoms with E-state index in [1.807, 2.05) is 0 Å². The summed E-state index contributed by atoms with van der Waals surface area (Å²) in [7, 11) is 0. The number of hydrogen-bond donors (Lipinski definition) is 2. The lowest BCUT2D eigenvalue weighted by Crippen LogP contribution is -1.90. The Bertz CT molecular complexity index is 450. The third kappa shape index (κ3) is 1.18. The number of rotatable bonds is 1. The summed E-state index contributed by atoms with van der Waals surface area (Å²) in [6.45, 7) is -0.395. The van der Waals surface area contributed by atoms with E-state index in [4.69, 9.17) is 10.2 Å². The molecule has 1 heterocycles. The highest BCUT2D eigenvalue weighted by Gasteiger charge is 2.12. The van der Waals surface area contributed by atoms with Crippen molar-refractivity contribution in [1.82, 2.24) is 0 Å². The van der Waals surface area contributed by atoms with Crippen molar-refractivity contribution in [2.45, 2.75) is 6.61 Å². The maximum absolute atomic E-state index is 13.2. The Morgan fingerprint density at radius 3 is 2.92 bits per heavy atom. The van der Waals surface area contributed by atoms with Crippen molar-refractivity contribution < 1.29 is 14.6 Å². The van der Waals surface area contributed by atoms with Gasteiger partial charge in [-0.05, 0) is 11.4 Å². The fourth-order valence-electron chi connectivity index (χ4n) is 1.30. The average molecular weight is 198 g/mol. The molecule has 0 bridgehead atoms. The summed E-state index contributed by atoms with van der Waals surface area (Å²) in [6.07, 6.45) is 0. The van der Waals surface area contributed by atoms with Crippen molar-refractivity contribution in [3.05, 3.63) is 28.9 Å². The predicted octanol–water partition coefficient (Wildman–Crippen LogP) is 2.24. The second kappa shape index (κ2) is 2.97. The number of halogens is 1. The molecule has 0 aliphatic carbocycles. The smallest absolute Gasteiger partial charge is 0.170 e. The lowest BCUT2D eigenvalue weighted by Gasteiger charge is -2.03. The van der Waals surface area contributed by atoms with Crippen LogP contribution >= 0.6 is 11.3 Å². The monoisotopic (exact) mass is 198 g/mol. The van der Waals surface area contributed by atoms with E-state index in [9.17, 15) is 4.39 Å². The van der Waals surface area contributed by atoms with Gasteiger partial charge in [-0.15, -0.1) is 11.3 Å². The van der Waals surface area contributed by atoms with Crippen molar-refractivity contribution >= 4 is 21.4 Å². The Balaban J connectivity index is 2.87. The molecule has 0 spiro atoms. The largest absolute Gasteiger partial charge is 0.505 e. The molecule has 0 aliphatic rings. The van der Waals surface area contributed by atoms with E-state index in [0.717, 1.165) is 4.70 Å². The molecule has 0 aliphatic heterocycles. The van der Waals surface area contributed by atoms with Crippen LogP contribution in [0.25, 0.3) is 10.1 Å². The molecule has 0 unspecified atom stereocenters. The summed E-state index contributed by atoms with van der Waals surface area (Å²) >= 11 is 1.40. The first-order valence-corrected chi connectivity index (χ1v) is 4.60. The molecule has 2 aromatic rings. The molecular weight excluding hydrogens is 191 g/mol. The summed E-state index contributed by atoms with van der Waals surface area (Å²) in [5.74, 6) is -1.13. The molecule has 2 rings (SSSR count). The third-order valence-corrected chi connectivity index (χ3v) is 2.80. The van der Waals surface area contributed by atoms with Gasteiger partial charge in [0.2, 0.25) is 0 Å². The van der Waals surface area contributed by atoms with Crippen LogP contribution in [0, 0.1) is 5.82 Å². The van der Waals surface area contributed by atoms with E-state index in [1.54, 1.807) is 11.4 Å². The number of hydrogen-bond acceptors (Lipinski definition) is 3. The first-order valence-electron chi connectivity index (χ1n) is 3.72. The highest BCUT2D eigenvalue weighted by atomic mass is 32.1. The first-order chi connectivity index (χ1) is 6.24. The van der Waals surface area contributed by atoms with E-state index < -0.39 is 18.2 Å². The van der Waals surface area contributed by atoms with Gasteiger partial charge in [0.25, 0.3) is 0 Å². The summed E-state index contributed by atoms with van der Waals surface area (Å²) < 4.78 is 14.0. The number of aromatic hydroxyl groups is 1. The third-order valence-electron chi connectivity index (χ3n) is 1.94. The highest BCUT2D eigenvalue weighted by molar-refractivity contribution is 7.17. The van der Waals surface area contributed by atoms with Crippen molar-refractivity contribution in [3.8, 4) is 5.75 Å². The predicted molar refractivity (Wildman–Crippen MR) is 49.4 cm³/mol. The molecule has 2 nitrogen and oxygen atoms in total. The van der Waals surface area contributed by atoms with Gasteiger partial charge in [0, 0.05) is 21.7 Å². The van der Waals surface area contributed by atoms with Crippen LogP contribution in [0.2, 0.25) is 0 Å². The zero-order valence-corrected chi connectivity index (χ0v) is 7.44. The second-order valence-corrected chi connectivity index (χ2v) is 3.63. The fraction of sp³-hybridized carbons (Fsp3) is 0.111. The quantitative estimate of drug-likeness (QED) is 0.737. The van der Waals surface area contributed by atoms with Gasteiger partial charge in [0.05, 0.1) is 6.61 Å². The molecule has 0 saturated heterocycles. The second-order valence-electron chi connectivity index (χ2n) is 2.68. The van der Waals surface area contributed by atoms with Crippen LogP contribution in [0.5, 0.6) is 5.75 Å². The molecule has 0 atom stereocenters. The maximum Gasteiger partial charge on any atom is 0.170 e. The van der Waals surface area contributed by atoms with Crippen LogP contribution in [-0.4, -0.2) is 10.2 Å². The maximum atomic E-state index is 13.2. The summed E-state index contributed by atoms with van der Waals surface area (Å²) in [5, 5.41) is 20.5. The average Bonchev–Trinajstić information content (AvgIpc) is 2.54. The summed E-state index contributed by atoms with van der Waals surface area (Å²) in [6, 6.07) is 3.10. The van der Waals surface area contributed by atoms with E-state index in [2.05, 4.69) is 0 Å². The van der Waals surface area contributed by atoms with Gasteiger partial charge in [0.1, 0.15) is 0 Å². The molecule has 0 fully saturated rings. The van der Waals surface area contributed by atoms with Gasteiger partial charge in [-0.2, -0.15) is 0 Å². The van der Waals surface area contributed by atoms with Crippen LogP contribution in [-0.2, 0) is 6.61 Å². The van der Waals surface area contributed by atoms with Crippen molar-refractivity contribution in [1.29, 1.82) is 0 Å². The molecular formula is C9H7FO2S. The van der Waals surface area contributed by atoms with Crippen LogP contribution < -0.4 is 0 Å². The minimum Gasteiger partial charge on any atom is -0.505 e. The Kier molecular flexibility index (Phi) is 1.94. The lowest BCUT2D eigenvalue weighted by molar-refractivity contribution is 0.275. The van der Waals surface area contributed by atoms with E-state index in [-0.39, 0.29) is 5.56 Å². The van der Waals surface area contributed by atoms with Crippen LogP contribution in [0.1, 0.15) is 5.56 Å². The normalized spacial score (nSPS) is 10.9. The van der Waals surface area contributed by atoms with Gasteiger partial charge < -0.3 is 10.2 Å². The first kappa shape index (κ1) is 8.47. The number of phenolic OH excluding ortho intramolecular Hbond substituents is 1. The summed E-state index contributed by atoms with van der Waals surface area (Å²) in [5.41, 5.74) is 0.163. The molecule has 13 heavy (non-hydrogen) atoms. The number of benzene rings is 1. The fourth-order valence-corrected chi connectivity index (χ4v) is 2.15. The summed E-state index contributed by atoms with van der Waals surface area (Å²) in [4.78, 5) is 0. The van der Waals surface area contributed by atoms with Gasteiger partial charge >= 0.3 is 0 Å². The zero-order chi connectivity index (χ0) is 9.42. The van der Waals surface area contributed by atoms with Crippen LogP contribution in [0.15, 0.2) is 17.5 Å². The van der Waals surface area contributed by atoms with Crippen molar-refractivity contribution in [3.63, 3.8) is 0 Å². The Hall–Kier alpha value is -1.13. The van der Waals surface area contributed by atoms with Gasteiger partial charge in [-0.25, -0.2) is 4.39 Å². The molecule has 1 aromatic carbocycles. The molecule has 2 N–H and O–H groups in total. The van der Waals surface area contributed by atoms with Crippen LogP contribution in [0.3, 0.4) is 0 Å². The SMILES string of the molecule is OCc1c(F)c(O)cc2sccc12. The number of aliphatic hydroxyl groups excluding tert-OH is 1. The Morgan fingerprint density at radius 2 is 2.23 bits per heavy atom.